The zero-order valence-corrected chi connectivity index (χ0v) is 14.4. The summed E-state index contributed by atoms with van der Waals surface area (Å²) in [5.74, 6) is 0. The molecule has 0 atom stereocenters. The van der Waals surface area contributed by atoms with E-state index in [2.05, 4.69) is 0 Å². The van der Waals surface area contributed by atoms with Crippen molar-refractivity contribution >= 4 is 38.1 Å². The highest BCUT2D eigenvalue weighted by Crippen LogP contribution is 2.24. The lowest BCUT2D eigenvalue weighted by atomic mass is 10.1. The first-order valence-electron chi connectivity index (χ1n) is 6.75. The van der Waals surface area contributed by atoms with Gasteiger partial charge in [0.2, 0.25) is 0 Å². The maximum Gasteiger partial charge on any atom is 0.295 e. The zero-order valence-electron chi connectivity index (χ0n) is 12.8. The van der Waals surface area contributed by atoms with Crippen molar-refractivity contribution in [2.24, 2.45) is 0 Å². The number of hydrogen-bond donors (Lipinski definition) is 3. The van der Waals surface area contributed by atoms with E-state index in [1.807, 2.05) is 0 Å². The van der Waals surface area contributed by atoms with Crippen molar-refractivity contribution in [2.45, 2.75) is 9.79 Å². The quantitative estimate of drug-likeness (QED) is 0.284. The lowest BCUT2D eigenvalue weighted by Crippen LogP contribution is -2.09. The van der Waals surface area contributed by atoms with Crippen LogP contribution in [0.2, 0.25) is 0 Å². The molecule has 12 heteroatoms. The highest BCUT2D eigenvalue weighted by Gasteiger charge is 2.17. The molecule has 0 aliphatic heterocycles. The van der Waals surface area contributed by atoms with Crippen molar-refractivity contribution in [3.05, 3.63) is 63.7 Å². The SMILES string of the molecule is O=[N+]([O-])Nc1ccc(C=Cc2ccccc2S(=O)(=O)O)c(S(=O)(=O)O)c1. The fraction of sp³-hybridized carbons (Fsp3) is 0. The molecule has 0 aliphatic carbocycles. The van der Waals surface area contributed by atoms with E-state index in [1.54, 1.807) is 5.43 Å². The van der Waals surface area contributed by atoms with Gasteiger partial charge in [-0.3, -0.25) is 9.11 Å². The van der Waals surface area contributed by atoms with Crippen molar-refractivity contribution in [1.29, 1.82) is 0 Å². The fourth-order valence-corrected chi connectivity index (χ4v) is 3.50. The van der Waals surface area contributed by atoms with E-state index in [9.17, 15) is 36.1 Å². The molecule has 26 heavy (non-hydrogen) atoms. The Labute approximate surface area is 148 Å². The molecule has 2 rings (SSSR count). The summed E-state index contributed by atoms with van der Waals surface area (Å²) in [5.41, 5.74) is 1.60. The molecule has 0 unspecified atom stereocenters. The normalized spacial score (nSPS) is 12.2. The minimum atomic E-state index is -4.72. The molecule has 0 saturated heterocycles. The Balaban J connectivity index is 2.54. The van der Waals surface area contributed by atoms with Crippen molar-refractivity contribution in [1.82, 2.24) is 0 Å². The van der Waals surface area contributed by atoms with Crippen LogP contribution in [0.15, 0.2) is 52.3 Å². The lowest BCUT2D eigenvalue weighted by Gasteiger charge is -2.06. The Morgan fingerprint density at radius 2 is 1.42 bits per heavy atom. The van der Waals surface area contributed by atoms with E-state index < -0.39 is 35.1 Å². The average molecular weight is 400 g/mol. The van der Waals surface area contributed by atoms with E-state index in [0.717, 1.165) is 12.1 Å². The van der Waals surface area contributed by atoms with Crippen LogP contribution in [0.3, 0.4) is 0 Å². The summed E-state index contributed by atoms with van der Waals surface area (Å²) in [6.07, 6.45) is 2.40. The van der Waals surface area contributed by atoms with Crippen molar-refractivity contribution in [2.75, 3.05) is 5.43 Å². The maximum absolute atomic E-state index is 11.5. The highest BCUT2D eigenvalue weighted by atomic mass is 32.2. The van der Waals surface area contributed by atoms with E-state index >= 15 is 0 Å². The van der Waals surface area contributed by atoms with Crippen LogP contribution in [0.4, 0.5) is 5.69 Å². The second-order valence-electron chi connectivity index (χ2n) is 4.94. The molecule has 3 N–H and O–H groups in total. The zero-order chi connectivity index (χ0) is 19.5. The van der Waals surface area contributed by atoms with Gasteiger partial charge in [0.1, 0.15) is 15.5 Å². The van der Waals surface area contributed by atoms with Gasteiger partial charge in [-0.15, -0.1) is 5.43 Å². The third-order valence-corrected chi connectivity index (χ3v) is 4.99. The summed E-state index contributed by atoms with van der Waals surface area (Å²) < 4.78 is 64.3. The summed E-state index contributed by atoms with van der Waals surface area (Å²) in [6, 6.07) is 8.66. The molecule has 2 aromatic rings. The van der Waals surface area contributed by atoms with Crippen LogP contribution in [-0.2, 0) is 20.2 Å². The largest absolute Gasteiger partial charge is 0.295 e. The standard InChI is InChI=1S/C14H12N2O8S2/c17-16(18)15-12-8-7-11(14(9-12)26(22,23)24)6-5-10-3-1-2-4-13(10)25(19,20)21/h1-9,15H,(H,19,20,21)(H,22,23,24). The van der Waals surface area contributed by atoms with Crippen LogP contribution in [-0.4, -0.2) is 31.0 Å². The first-order chi connectivity index (χ1) is 12.0. The number of nitrogens with zero attached hydrogens (tertiary/aromatic N) is 1. The molecule has 2 aromatic carbocycles. The third kappa shape index (κ3) is 4.86. The van der Waals surface area contributed by atoms with E-state index in [1.165, 1.54) is 42.5 Å². The molecular weight excluding hydrogens is 388 g/mol. The molecular formula is C14H12N2O8S2. The average Bonchev–Trinajstić information content (AvgIpc) is 2.51. The summed E-state index contributed by atoms with van der Waals surface area (Å²) in [4.78, 5) is 9.43. The number of hydrogen-bond acceptors (Lipinski definition) is 6. The molecule has 0 aromatic heterocycles. The summed E-state index contributed by atoms with van der Waals surface area (Å²) in [5, 5.41) is 9.54. The molecule has 0 amide bonds. The minimum absolute atomic E-state index is 0.0495. The molecule has 0 aliphatic rings. The predicted molar refractivity (Wildman–Crippen MR) is 92.1 cm³/mol. The first kappa shape index (κ1) is 19.5. The lowest BCUT2D eigenvalue weighted by molar-refractivity contribution is -0.445. The van der Waals surface area contributed by atoms with E-state index in [4.69, 9.17) is 0 Å². The molecule has 0 bridgehead atoms. The van der Waals surface area contributed by atoms with Crippen LogP contribution < -0.4 is 5.43 Å². The summed E-state index contributed by atoms with van der Waals surface area (Å²) in [6.45, 7) is 0. The monoisotopic (exact) mass is 400 g/mol. The van der Waals surface area contributed by atoms with Gasteiger partial charge in [0.05, 0.1) is 0 Å². The summed E-state index contributed by atoms with van der Waals surface area (Å²) in [7, 11) is -9.22. The third-order valence-electron chi connectivity index (χ3n) is 3.15. The van der Waals surface area contributed by atoms with Crippen molar-refractivity contribution in [3.63, 3.8) is 0 Å². The van der Waals surface area contributed by atoms with Gasteiger partial charge >= 0.3 is 0 Å². The van der Waals surface area contributed by atoms with Gasteiger partial charge in [0, 0.05) is 0 Å². The van der Waals surface area contributed by atoms with Crippen molar-refractivity contribution < 1.29 is 31.0 Å². The highest BCUT2D eigenvalue weighted by molar-refractivity contribution is 7.86. The van der Waals surface area contributed by atoms with Gasteiger partial charge in [-0.05, 0) is 29.3 Å². The number of rotatable bonds is 6. The topological polar surface area (TPSA) is 164 Å². The van der Waals surface area contributed by atoms with Gasteiger partial charge in [-0.1, -0.05) is 36.4 Å². The van der Waals surface area contributed by atoms with Gasteiger partial charge in [-0.2, -0.15) is 16.8 Å². The first-order valence-corrected chi connectivity index (χ1v) is 9.64. The molecule has 0 fully saturated rings. The second kappa shape index (κ2) is 7.21. The van der Waals surface area contributed by atoms with Crippen LogP contribution in [0.1, 0.15) is 11.1 Å². The van der Waals surface area contributed by atoms with Crippen LogP contribution in [0.25, 0.3) is 12.2 Å². The number of anilines is 1. The molecule has 0 spiro atoms. The predicted octanol–water partition coefficient (Wildman–Crippen LogP) is 1.95. The van der Waals surface area contributed by atoms with Gasteiger partial charge < -0.3 is 0 Å². The number of nitrogens with one attached hydrogen (secondary N) is 1. The maximum atomic E-state index is 11.5. The Morgan fingerprint density at radius 1 is 0.885 bits per heavy atom. The molecule has 0 saturated carbocycles. The summed E-state index contributed by atoms with van der Waals surface area (Å²) >= 11 is 0. The van der Waals surface area contributed by atoms with E-state index in [0.29, 0.717) is 0 Å². The van der Waals surface area contributed by atoms with Gasteiger partial charge in [0.15, 0.2) is 5.03 Å². The Morgan fingerprint density at radius 3 is 1.96 bits per heavy atom. The smallest absolute Gasteiger partial charge is 0.282 e. The Hall–Kier alpha value is -2.80. The molecule has 138 valence electrons. The van der Waals surface area contributed by atoms with Crippen LogP contribution in [0, 0.1) is 10.1 Å². The van der Waals surface area contributed by atoms with Gasteiger partial charge in [-0.25, -0.2) is 10.1 Å². The second-order valence-corrected chi connectivity index (χ2v) is 7.72. The fourth-order valence-electron chi connectivity index (χ4n) is 2.10. The number of benzene rings is 2. The van der Waals surface area contributed by atoms with Crippen LogP contribution in [0.5, 0.6) is 0 Å². The minimum Gasteiger partial charge on any atom is -0.282 e. The van der Waals surface area contributed by atoms with E-state index in [-0.39, 0.29) is 16.8 Å². The Bertz CT molecular complexity index is 1090. The molecule has 0 heterocycles. The van der Waals surface area contributed by atoms with Gasteiger partial charge in [0.25, 0.3) is 20.2 Å². The number of hydrazine groups is 1. The van der Waals surface area contributed by atoms with Crippen molar-refractivity contribution in [3.8, 4) is 0 Å². The van der Waals surface area contributed by atoms with Crippen LogP contribution >= 0.6 is 0 Å². The molecule has 10 nitrogen and oxygen atoms in total. The molecule has 0 radical (unpaired) electrons. The Kier molecular flexibility index (Phi) is 5.41. The number of nitro groups is 1.